The molecule has 5 rings (SSSR count). The Morgan fingerprint density at radius 2 is 2.07 bits per heavy atom. The van der Waals surface area contributed by atoms with Gasteiger partial charge in [0.25, 0.3) is 5.91 Å². The van der Waals surface area contributed by atoms with E-state index >= 15 is 0 Å². The highest BCUT2D eigenvalue weighted by atomic mass is 16.5. The zero-order chi connectivity index (χ0) is 19.6. The SMILES string of the molecule is O=C(c1ccc2c(c1)CCO2)N(CC1CCNCC1)c1ccnc(NC2CC2)n1. The molecule has 0 spiro atoms. The molecule has 2 aliphatic heterocycles. The molecule has 1 aromatic carbocycles. The molecule has 1 saturated heterocycles. The molecular formula is C22H27N5O2. The van der Waals surface area contributed by atoms with Gasteiger partial charge >= 0.3 is 0 Å². The number of hydrogen-bond donors (Lipinski definition) is 2. The Morgan fingerprint density at radius 1 is 1.21 bits per heavy atom. The molecule has 7 nitrogen and oxygen atoms in total. The molecule has 7 heteroatoms. The van der Waals surface area contributed by atoms with Crippen LogP contribution in [0.4, 0.5) is 11.8 Å². The number of aromatic nitrogens is 2. The zero-order valence-electron chi connectivity index (χ0n) is 16.6. The van der Waals surface area contributed by atoms with E-state index in [1.165, 1.54) is 0 Å². The Morgan fingerprint density at radius 3 is 2.90 bits per heavy atom. The van der Waals surface area contributed by atoms with Crippen LogP contribution in [0.25, 0.3) is 0 Å². The van der Waals surface area contributed by atoms with E-state index in [1.807, 2.05) is 29.2 Å². The molecule has 1 amide bonds. The maximum Gasteiger partial charge on any atom is 0.259 e. The van der Waals surface area contributed by atoms with Crippen molar-refractivity contribution >= 4 is 17.7 Å². The minimum Gasteiger partial charge on any atom is -0.493 e. The standard InChI is InChI=1S/C22H27N5O2/c28-21(17-1-4-19-16(13-17)8-12-29-19)27(14-15-5-9-23-10-6-15)20-7-11-24-22(26-20)25-18-2-3-18/h1,4,7,11,13,15,18,23H,2-3,5-6,8-10,12,14H2,(H,24,25,26). The molecule has 1 aliphatic carbocycles. The van der Waals surface area contributed by atoms with Crippen LogP contribution in [0.3, 0.4) is 0 Å². The molecule has 152 valence electrons. The van der Waals surface area contributed by atoms with Crippen LogP contribution < -0.4 is 20.3 Å². The smallest absolute Gasteiger partial charge is 0.259 e. The van der Waals surface area contributed by atoms with Crippen molar-refractivity contribution in [3.63, 3.8) is 0 Å². The summed E-state index contributed by atoms with van der Waals surface area (Å²) in [6, 6.07) is 8.07. The van der Waals surface area contributed by atoms with Gasteiger partial charge in [-0.25, -0.2) is 4.98 Å². The molecule has 3 aliphatic rings. The number of amides is 1. The highest BCUT2D eigenvalue weighted by Gasteiger charge is 2.27. The van der Waals surface area contributed by atoms with Crippen LogP contribution >= 0.6 is 0 Å². The summed E-state index contributed by atoms with van der Waals surface area (Å²) in [5.74, 6) is 2.63. The molecule has 1 saturated carbocycles. The van der Waals surface area contributed by atoms with Crippen molar-refractivity contribution in [2.24, 2.45) is 5.92 Å². The van der Waals surface area contributed by atoms with Crippen LogP contribution in [0.1, 0.15) is 41.6 Å². The van der Waals surface area contributed by atoms with Crippen LogP contribution in [-0.4, -0.2) is 48.2 Å². The molecule has 29 heavy (non-hydrogen) atoms. The first-order valence-corrected chi connectivity index (χ1v) is 10.6. The third-order valence-corrected chi connectivity index (χ3v) is 5.91. The third kappa shape index (κ3) is 4.19. The van der Waals surface area contributed by atoms with Gasteiger partial charge in [0.15, 0.2) is 0 Å². The average Bonchev–Trinajstić information content (AvgIpc) is 3.45. The van der Waals surface area contributed by atoms with Gasteiger partial charge < -0.3 is 15.4 Å². The van der Waals surface area contributed by atoms with Gasteiger partial charge in [-0.3, -0.25) is 9.69 Å². The van der Waals surface area contributed by atoms with Gasteiger partial charge in [0.05, 0.1) is 6.61 Å². The van der Waals surface area contributed by atoms with E-state index in [4.69, 9.17) is 4.74 Å². The molecule has 0 bridgehead atoms. The topological polar surface area (TPSA) is 79.4 Å². The van der Waals surface area contributed by atoms with Crippen molar-refractivity contribution in [2.45, 2.75) is 38.1 Å². The number of nitrogens with zero attached hydrogens (tertiary/aromatic N) is 3. The maximum absolute atomic E-state index is 13.6. The van der Waals surface area contributed by atoms with E-state index in [9.17, 15) is 4.79 Å². The largest absolute Gasteiger partial charge is 0.493 e. The summed E-state index contributed by atoms with van der Waals surface area (Å²) < 4.78 is 5.60. The van der Waals surface area contributed by atoms with Crippen molar-refractivity contribution in [1.29, 1.82) is 0 Å². The fourth-order valence-corrected chi connectivity index (χ4v) is 4.06. The number of rotatable bonds is 6. The van der Waals surface area contributed by atoms with Crippen LogP contribution in [0, 0.1) is 5.92 Å². The van der Waals surface area contributed by atoms with Crippen molar-refractivity contribution in [3.8, 4) is 5.75 Å². The number of benzene rings is 1. The number of ether oxygens (including phenoxy) is 1. The van der Waals surface area contributed by atoms with Crippen molar-refractivity contribution in [1.82, 2.24) is 15.3 Å². The molecule has 2 fully saturated rings. The van der Waals surface area contributed by atoms with E-state index in [-0.39, 0.29) is 5.91 Å². The molecule has 0 radical (unpaired) electrons. The summed E-state index contributed by atoms with van der Waals surface area (Å²) in [5, 5.41) is 6.74. The quantitative estimate of drug-likeness (QED) is 0.786. The number of fused-ring (bicyclic) bond motifs is 1. The van der Waals surface area contributed by atoms with Gasteiger partial charge in [0.1, 0.15) is 11.6 Å². The molecule has 3 heterocycles. The van der Waals surface area contributed by atoms with E-state index in [2.05, 4.69) is 20.6 Å². The van der Waals surface area contributed by atoms with Gasteiger partial charge in [-0.2, -0.15) is 4.98 Å². The number of nitrogens with one attached hydrogen (secondary N) is 2. The molecule has 2 N–H and O–H groups in total. The lowest BCUT2D eigenvalue weighted by Gasteiger charge is -2.30. The van der Waals surface area contributed by atoms with Crippen LogP contribution in [0.5, 0.6) is 5.75 Å². The summed E-state index contributed by atoms with van der Waals surface area (Å²) in [4.78, 5) is 24.4. The van der Waals surface area contributed by atoms with E-state index < -0.39 is 0 Å². The molecule has 0 unspecified atom stereocenters. The van der Waals surface area contributed by atoms with Crippen LogP contribution in [0.2, 0.25) is 0 Å². The van der Waals surface area contributed by atoms with Crippen LogP contribution in [0.15, 0.2) is 30.5 Å². The first-order valence-electron chi connectivity index (χ1n) is 10.6. The monoisotopic (exact) mass is 393 g/mol. The van der Waals surface area contributed by atoms with Gasteiger partial charge in [-0.1, -0.05) is 0 Å². The highest BCUT2D eigenvalue weighted by Crippen LogP contribution is 2.28. The summed E-state index contributed by atoms with van der Waals surface area (Å²) in [6.45, 7) is 3.37. The predicted molar refractivity (Wildman–Crippen MR) is 112 cm³/mol. The van der Waals surface area contributed by atoms with Crippen LogP contribution in [-0.2, 0) is 6.42 Å². The zero-order valence-corrected chi connectivity index (χ0v) is 16.6. The number of carbonyl (C=O) groups is 1. The van der Waals surface area contributed by atoms with E-state index in [1.54, 1.807) is 6.20 Å². The number of carbonyl (C=O) groups excluding carboxylic acids is 1. The summed E-state index contributed by atoms with van der Waals surface area (Å²) >= 11 is 0. The Balaban J connectivity index is 1.43. The van der Waals surface area contributed by atoms with Crippen molar-refractivity contribution in [3.05, 3.63) is 41.6 Å². The van der Waals surface area contributed by atoms with E-state index in [0.717, 1.165) is 56.5 Å². The fourth-order valence-electron chi connectivity index (χ4n) is 4.06. The predicted octanol–water partition coefficient (Wildman–Crippen LogP) is 2.63. The first-order chi connectivity index (χ1) is 14.3. The Hall–Kier alpha value is -2.67. The number of piperidine rings is 1. The van der Waals surface area contributed by atoms with Gasteiger partial charge in [-0.05, 0) is 74.5 Å². The lowest BCUT2D eigenvalue weighted by Crippen LogP contribution is -2.40. The number of hydrogen-bond acceptors (Lipinski definition) is 6. The molecular weight excluding hydrogens is 366 g/mol. The summed E-state index contributed by atoms with van der Waals surface area (Å²) in [6.07, 6.45) is 7.05. The van der Waals surface area contributed by atoms with Gasteiger partial charge in [0.2, 0.25) is 5.95 Å². The minimum atomic E-state index is -0.00527. The summed E-state index contributed by atoms with van der Waals surface area (Å²) in [7, 11) is 0. The second-order valence-electron chi connectivity index (χ2n) is 8.19. The first kappa shape index (κ1) is 18.4. The molecule has 0 atom stereocenters. The Kier molecular flexibility index (Phi) is 5.06. The molecule has 1 aromatic heterocycles. The average molecular weight is 393 g/mol. The summed E-state index contributed by atoms with van der Waals surface area (Å²) in [5.41, 5.74) is 1.80. The Labute approximate surface area is 170 Å². The maximum atomic E-state index is 13.6. The Bertz CT molecular complexity index is 893. The lowest BCUT2D eigenvalue weighted by molar-refractivity contribution is 0.0980. The normalized spacial score (nSPS) is 18.8. The second kappa shape index (κ2) is 7.99. The van der Waals surface area contributed by atoms with Gasteiger partial charge in [0, 0.05) is 30.8 Å². The fraction of sp³-hybridized carbons (Fsp3) is 0.500. The van der Waals surface area contributed by atoms with E-state index in [0.29, 0.717) is 42.4 Å². The number of anilines is 2. The van der Waals surface area contributed by atoms with Gasteiger partial charge in [-0.15, -0.1) is 0 Å². The third-order valence-electron chi connectivity index (χ3n) is 5.91. The minimum absolute atomic E-state index is 0.00527. The van der Waals surface area contributed by atoms with Crippen molar-refractivity contribution in [2.75, 3.05) is 36.5 Å². The highest BCUT2D eigenvalue weighted by molar-refractivity contribution is 6.05. The second-order valence-corrected chi connectivity index (χ2v) is 8.19. The van der Waals surface area contributed by atoms with Crippen molar-refractivity contribution < 1.29 is 9.53 Å². The lowest BCUT2D eigenvalue weighted by atomic mass is 9.97. The molecule has 2 aromatic rings.